The molecular weight excluding hydrogens is 389 g/mol. The van der Waals surface area contributed by atoms with E-state index in [9.17, 15) is 8.42 Å². The van der Waals surface area contributed by atoms with Crippen LogP contribution in [0.4, 0.5) is 5.69 Å². The molecule has 1 aliphatic heterocycles. The number of hydrogen-bond donors (Lipinski definition) is 1. The van der Waals surface area contributed by atoms with Crippen molar-refractivity contribution in [1.29, 1.82) is 0 Å². The third-order valence-corrected chi connectivity index (χ3v) is 6.21. The minimum Gasteiger partial charge on any atom is -0.278 e. The zero-order valence-corrected chi connectivity index (χ0v) is 13.2. The fraction of sp³-hybridized carbons (Fsp3) is 0. The third kappa shape index (κ3) is 2.78. The largest absolute Gasteiger partial charge is 0.278 e. The molecule has 0 aromatic carbocycles. The number of sulfonamides is 1. The van der Waals surface area contributed by atoms with Crippen LogP contribution in [-0.4, -0.2) is 18.4 Å². The van der Waals surface area contributed by atoms with Gasteiger partial charge in [-0.2, -0.15) is 0 Å². The lowest BCUT2D eigenvalue weighted by atomic mass is 10.3. The number of pyridine rings is 2. The summed E-state index contributed by atoms with van der Waals surface area (Å²) in [5, 5.41) is 0.978. The van der Waals surface area contributed by atoms with Crippen molar-refractivity contribution in [3.8, 4) is 0 Å². The molecule has 5 nitrogen and oxygen atoms in total. The van der Waals surface area contributed by atoms with Crippen molar-refractivity contribution < 1.29 is 8.42 Å². The van der Waals surface area contributed by atoms with Crippen LogP contribution in [0.3, 0.4) is 0 Å². The Morgan fingerprint density at radius 3 is 2.95 bits per heavy atom. The summed E-state index contributed by atoms with van der Waals surface area (Å²) in [5.41, 5.74) is 0.461. The van der Waals surface area contributed by atoms with E-state index in [1.54, 1.807) is 18.3 Å². The number of fused-ring (bicyclic) bond motifs is 1. The monoisotopic (exact) mass is 399 g/mol. The first-order valence-electron chi connectivity index (χ1n) is 5.71. The lowest BCUT2D eigenvalue weighted by molar-refractivity contribution is 0.601. The van der Waals surface area contributed by atoms with Crippen molar-refractivity contribution >= 4 is 42.5 Å². The highest BCUT2D eigenvalue weighted by Gasteiger charge is 2.14. The van der Waals surface area contributed by atoms with Crippen LogP contribution >= 0.6 is 20.7 Å². The molecule has 0 saturated carbocycles. The van der Waals surface area contributed by atoms with Gasteiger partial charge < -0.3 is 0 Å². The van der Waals surface area contributed by atoms with Crippen LogP contribution in [0, 0.1) is 3.28 Å². The van der Waals surface area contributed by atoms with Gasteiger partial charge in [-0.05, 0) is 22.3 Å². The van der Waals surface area contributed by atoms with E-state index in [0.717, 1.165) is 8.50 Å². The molecule has 7 heteroatoms. The zero-order valence-electron chi connectivity index (χ0n) is 10.2. The third-order valence-electron chi connectivity index (χ3n) is 2.58. The maximum absolute atomic E-state index is 12.2. The predicted molar refractivity (Wildman–Crippen MR) is 85.4 cm³/mol. The first kappa shape index (κ1) is 13.4. The minimum atomic E-state index is -3.62. The molecule has 0 atom stereocenters. The van der Waals surface area contributed by atoms with Crippen LogP contribution in [-0.2, 0) is 10.0 Å². The molecule has 1 N–H and O–H groups in total. The molecule has 2 aromatic heterocycles. The first-order chi connectivity index (χ1) is 9.65. The fourth-order valence-corrected chi connectivity index (χ4v) is 4.43. The van der Waals surface area contributed by atoms with Gasteiger partial charge in [-0.15, -0.1) is 0 Å². The summed E-state index contributed by atoms with van der Waals surface area (Å²) < 4.78 is 30.0. The van der Waals surface area contributed by atoms with Gasteiger partial charge in [0.2, 0.25) is 0 Å². The van der Waals surface area contributed by atoms with Crippen LogP contribution in [0.1, 0.15) is 0 Å². The van der Waals surface area contributed by atoms with Crippen LogP contribution in [0.2, 0.25) is 0 Å². The van der Waals surface area contributed by atoms with Gasteiger partial charge in [0.1, 0.15) is 8.18 Å². The minimum absolute atomic E-state index is 0.133. The van der Waals surface area contributed by atoms with Gasteiger partial charge >= 0.3 is 0 Å². The molecule has 0 amide bonds. The molecule has 0 fully saturated rings. The average molecular weight is 399 g/mol. The van der Waals surface area contributed by atoms with E-state index in [1.165, 1.54) is 18.5 Å². The smallest absolute Gasteiger partial charge is 0.263 e. The molecule has 3 heterocycles. The predicted octanol–water partition coefficient (Wildman–Crippen LogP) is 1.81. The van der Waals surface area contributed by atoms with Gasteiger partial charge in [-0.3, -0.25) is 9.71 Å². The SMILES string of the molecule is O=S(=O)(Nc1cnc2c(c1)=CC=CI=2)c1cccnc1. The molecule has 0 radical (unpaired) electrons. The molecule has 0 saturated heterocycles. The number of halogens is 1. The van der Waals surface area contributed by atoms with Crippen molar-refractivity contribution in [1.82, 2.24) is 9.97 Å². The van der Waals surface area contributed by atoms with Gasteiger partial charge in [-0.1, -0.05) is 32.9 Å². The normalized spacial score (nSPS) is 13.4. The molecule has 2 aromatic rings. The Labute approximate surface area is 125 Å². The molecule has 0 bridgehead atoms. The second-order valence-corrected chi connectivity index (χ2v) is 8.04. The van der Waals surface area contributed by atoms with Crippen molar-refractivity contribution in [3.63, 3.8) is 0 Å². The Morgan fingerprint density at radius 2 is 2.15 bits per heavy atom. The Balaban J connectivity index is 1.98. The van der Waals surface area contributed by atoms with Crippen molar-refractivity contribution in [2.24, 2.45) is 0 Å². The molecule has 0 unspecified atom stereocenters. The molecule has 0 aliphatic carbocycles. The van der Waals surface area contributed by atoms with Crippen molar-refractivity contribution in [2.75, 3.05) is 4.72 Å². The number of nitrogens with zero attached hydrogens (tertiary/aromatic N) is 2. The first-order valence-corrected chi connectivity index (χ1v) is 9.52. The Morgan fingerprint density at radius 1 is 1.25 bits per heavy atom. The number of anilines is 1. The Kier molecular flexibility index (Phi) is 3.62. The molecular formula is C13H10IN3O2S. The van der Waals surface area contributed by atoms with E-state index in [4.69, 9.17) is 0 Å². The number of allylic oxidation sites excluding steroid dienone is 1. The Hall–Kier alpha value is -1.61. The number of hydrogen-bond acceptors (Lipinski definition) is 4. The van der Waals surface area contributed by atoms with E-state index in [0.29, 0.717) is 5.69 Å². The average Bonchev–Trinajstić information content (AvgIpc) is 2.48. The molecule has 1 aliphatic rings. The van der Waals surface area contributed by atoms with Gasteiger partial charge in [0.05, 0.1) is 11.9 Å². The maximum Gasteiger partial charge on any atom is 0.263 e. The summed E-state index contributed by atoms with van der Waals surface area (Å²) in [6.45, 7) is 0. The Bertz CT molecular complexity index is 893. The highest BCUT2D eigenvalue weighted by atomic mass is 127. The van der Waals surface area contributed by atoms with Crippen LogP contribution in [0.25, 0.3) is 6.08 Å². The maximum atomic E-state index is 12.2. The molecule has 102 valence electrons. The van der Waals surface area contributed by atoms with Crippen LogP contribution in [0.15, 0.2) is 51.8 Å². The highest BCUT2D eigenvalue weighted by Crippen LogP contribution is 2.14. The molecule has 0 spiro atoms. The summed E-state index contributed by atoms with van der Waals surface area (Å²) in [6, 6.07) is 4.89. The van der Waals surface area contributed by atoms with Crippen LogP contribution < -0.4 is 9.94 Å². The molecule has 3 rings (SSSR count). The summed E-state index contributed by atoms with van der Waals surface area (Å²) in [6.07, 6.45) is 8.32. The topological polar surface area (TPSA) is 72.0 Å². The van der Waals surface area contributed by atoms with Gasteiger partial charge in [-0.25, -0.2) is 13.4 Å². The summed E-state index contributed by atoms with van der Waals surface area (Å²) in [5.74, 6) is 0. The quantitative estimate of drug-likeness (QED) is 0.800. The summed E-state index contributed by atoms with van der Waals surface area (Å²) in [7, 11) is -3.62. The van der Waals surface area contributed by atoms with Crippen LogP contribution in [0.5, 0.6) is 0 Å². The fourth-order valence-electron chi connectivity index (χ4n) is 1.69. The van der Waals surface area contributed by atoms with Gasteiger partial charge in [0, 0.05) is 17.6 Å². The number of nitrogens with one attached hydrogen (secondary N) is 1. The summed E-state index contributed by atoms with van der Waals surface area (Å²) >= 11 is -0.207. The number of aromatic nitrogens is 2. The van der Waals surface area contributed by atoms with Gasteiger partial charge in [0.25, 0.3) is 10.0 Å². The van der Waals surface area contributed by atoms with E-state index in [-0.39, 0.29) is 25.6 Å². The van der Waals surface area contributed by atoms with Crippen molar-refractivity contribution in [2.45, 2.75) is 4.90 Å². The number of rotatable bonds is 3. The van der Waals surface area contributed by atoms with Crippen molar-refractivity contribution in [3.05, 3.63) is 55.5 Å². The van der Waals surface area contributed by atoms with E-state index in [1.807, 2.05) is 12.2 Å². The standard InChI is InChI=1S/C13H10IN3O2S/c18-20(19,12-4-2-6-15-9-12)17-11-7-10-3-1-5-14-13(10)16-8-11/h1-9,17H. The van der Waals surface area contributed by atoms with E-state index in [2.05, 4.69) is 18.8 Å². The zero-order chi connectivity index (χ0) is 14.0. The van der Waals surface area contributed by atoms with E-state index >= 15 is 0 Å². The molecule has 20 heavy (non-hydrogen) atoms. The summed E-state index contributed by atoms with van der Waals surface area (Å²) in [4.78, 5) is 8.27. The lowest BCUT2D eigenvalue weighted by Gasteiger charge is -2.07. The highest BCUT2D eigenvalue weighted by molar-refractivity contribution is 14.2. The second kappa shape index (κ2) is 5.41. The van der Waals surface area contributed by atoms with Gasteiger partial charge in [0.15, 0.2) is 0 Å². The van der Waals surface area contributed by atoms with E-state index < -0.39 is 10.0 Å². The second-order valence-electron chi connectivity index (χ2n) is 3.99. The lowest BCUT2D eigenvalue weighted by Crippen LogP contribution is -2.15.